The predicted octanol–water partition coefficient (Wildman–Crippen LogP) is 2.45. The van der Waals surface area contributed by atoms with Crippen LogP contribution in [0.15, 0.2) is 29.1 Å². The highest BCUT2D eigenvalue weighted by Gasteiger charge is 2.30. The lowest BCUT2D eigenvalue weighted by atomic mass is 10.0. The molecule has 0 unspecified atom stereocenters. The van der Waals surface area contributed by atoms with E-state index < -0.39 is 0 Å². The number of nitrogens with one attached hydrogen (secondary N) is 1. The molecule has 2 aliphatic rings. The Morgan fingerprint density at radius 1 is 1.30 bits per heavy atom. The van der Waals surface area contributed by atoms with Crippen LogP contribution < -0.4 is 10.3 Å². The van der Waals surface area contributed by atoms with Gasteiger partial charge in [-0.15, -0.1) is 0 Å². The van der Waals surface area contributed by atoms with Gasteiger partial charge in [-0.3, -0.25) is 14.5 Å². The van der Waals surface area contributed by atoms with Crippen molar-refractivity contribution in [3.63, 3.8) is 0 Å². The molecule has 0 saturated carbocycles. The van der Waals surface area contributed by atoms with E-state index in [0.29, 0.717) is 25.9 Å². The largest absolute Gasteiger partial charge is 0.496 e. The lowest BCUT2D eigenvalue weighted by molar-refractivity contribution is -0.130. The summed E-state index contributed by atoms with van der Waals surface area (Å²) in [5.41, 5.74) is 2.78. The summed E-state index contributed by atoms with van der Waals surface area (Å²) in [6.45, 7) is 5.63. The number of aromatic amines is 1. The molecule has 1 N–H and O–H groups in total. The molecule has 4 rings (SSSR count). The molecule has 2 aliphatic heterocycles. The van der Waals surface area contributed by atoms with Gasteiger partial charge in [0, 0.05) is 56.2 Å². The van der Waals surface area contributed by atoms with E-state index in [1.807, 2.05) is 30.0 Å². The Balaban J connectivity index is 1.50. The summed E-state index contributed by atoms with van der Waals surface area (Å²) >= 11 is 0. The van der Waals surface area contributed by atoms with E-state index in [-0.39, 0.29) is 17.4 Å². The van der Waals surface area contributed by atoms with Crippen molar-refractivity contribution in [3.8, 4) is 5.75 Å². The molecule has 0 spiro atoms. The van der Waals surface area contributed by atoms with Crippen molar-refractivity contribution in [2.75, 3.05) is 26.7 Å². The SMILES string of the molecule is CCCC(=O)N1CC[C@H](c2nc3c(c(=O)[nH]2)CCN(Cc2ccccc2OC)C3)C1. The number of nitrogens with zero attached hydrogens (tertiary/aromatic N) is 3. The minimum absolute atomic E-state index is 0.0229. The number of aromatic nitrogens is 2. The number of carbonyl (C=O) groups is 1. The summed E-state index contributed by atoms with van der Waals surface area (Å²) in [7, 11) is 1.69. The first kappa shape index (κ1) is 20.6. The van der Waals surface area contributed by atoms with Crippen LogP contribution in [-0.4, -0.2) is 52.4 Å². The summed E-state index contributed by atoms with van der Waals surface area (Å²) in [4.78, 5) is 37.0. The Labute approximate surface area is 177 Å². The molecule has 2 aromatic rings. The molecule has 7 nitrogen and oxygen atoms in total. The summed E-state index contributed by atoms with van der Waals surface area (Å²) in [5.74, 6) is 1.91. The van der Waals surface area contributed by atoms with Crippen molar-refractivity contribution in [2.45, 2.75) is 51.6 Å². The Bertz CT molecular complexity index is 971. The quantitative estimate of drug-likeness (QED) is 0.791. The van der Waals surface area contributed by atoms with Gasteiger partial charge in [0.25, 0.3) is 5.56 Å². The van der Waals surface area contributed by atoms with Crippen molar-refractivity contribution in [1.82, 2.24) is 19.8 Å². The molecule has 1 aromatic heterocycles. The van der Waals surface area contributed by atoms with Gasteiger partial charge in [-0.05, 0) is 25.3 Å². The van der Waals surface area contributed by atoms with Gasteiger partial charge in [0.05, 0.1) is 12.8 Å². The summed E-state index contributed by atoms with van der Waals surface area (Å²) < 4.78 is 5.48. The van der Waals surface area contributed by atoms with Gasteiger partial charge in [-0.1, -0.05) is 25.1 Å². The van der Waals surface area contributed by atoms with Crippen LogP contribution in [0.4, 0.5) is 0 Å². The fraction of sp³-hybridized carbons (Fsp3) is 0.522. The fourth-order valence-electron chi connectivity index (χ4n) is 4.50. The Kier molecular flexibility index (Phi) is 6.18. The zero-order valence-corrected chi connectivity index (χ0v) is 17.8. The fourth-order valence-corrected chi connectivity index (χ4v) is 4.50. The number of para-hydroxylation sites is 1. The van der Waals surface area contributed by atoms with Crippen molar-refractivity contribution in [2.24, 2.45) is 0 Å². The highest BCUT2D eigenvalue weighted by molar-refractivity contribution is 5.76. The number of rotatable bonds is 6. The summed E-state index contributed by atoms with van der Waals surface area (Å²) in [5, 5.41) is 0. The zero-order chi connectivity index (χ0) is 21.1. The number of amides is 1. The van der Waals surface area contributed by atoms with Crippen molar-refractivity contribution < 1.29 is 9.53 Å². The normalized spacial score (nSPS) is 19.0. The number of benzene rings is 1. The lowest BCUT2D eigenvalue weighted by Gasteiger charge is -2.28. The standard InChI is InChI=1S/C23H30N4O3/c1-3-6-21(28)27-12-9-17(14-27)22-24-19-15-26(11-10-18(19)23(29)25-22)13-16-7-4-5-8-20(16)30-2/h4-5,7-8,17H,3,6,9-15H2,1-2H3,(H,24,25,29)/t17-/m0/s1. The van der Waals surface area contributed by atoms with Crippen LogP contribution in [0.25, 0.3) is 0 Å². The number of likely N-dealkylation sites (tertiary alicyclic amines) is 1. The van der Waals surface area contributed by atoms with Crippen LogP contribution in [-0.2, 0) is 24.3 Å². The average molecular weight is 411 g/mol. The summed E-state index contributed by atoms with van der Waals surface area (Å²) in [6.07, 6.45) is 2.98. The van der Waals surface area contributed by atoms with Crippen LogP contribution in [0.1, 0.15) is 54.7 Å². The van der Waals surface area contributed by atoms with E-state index in [4.69, 9.17) is 9.72 Å². The summed E-state index contributed by atoms with van der Waals surface area (Å²) in [6, 6.07) is 8.03. The van der Waals surface area contributed by atoms with E-state index >= 15 is 0 Å². The predicted molar refractivity (Wildman–Crippen MR) is 115 cm³/mol. The number of fused-ring (bicyclic) bond motifs is 1. The highest BCUT2D eigenvalue weighted by Crippen LogP contribution is 2.27. The smallest absolute Gasteiger partial charge is 0.254 e. The average Bonchev–Trinajstić information content (AvgIpc) is 3.24. The Morgan fingerprint density at radius 2 is 2.13 bits per heavy atom. The molecule has 3 heterocycles. The van der Waals surface area contributed by atoms with Crippen LogP contribution in [0.3, 0.4) is 0 Å². The highest BCUT2D eigenvalue weighted by atomic mass is 16.5. The Morgan fingerprint density at radius 3 is 2.93 bits per heavy atom. The molecule has 1 aromatic carbocycles. The second kappa shape index (κ2) is 9.00. The number of ether oxygens (including phenoxy) is 1. The van der Waals surface area contributed by atoms with Crippen molar-refractivity contribution in [3.05, 3.63) is 57.3 Å². The molecule has 1 fully saturated rings. The maximum atomic E-state index is 12.7. The van der Waals surface area contributed by atoms with Gasteiger partial charge in [0.1, 0.15) is 11.6 Å². The molecule has 1 saturated heterocycles. The monoisotopic (exact) mass is 410 g/mol. The van der Waals surface area contributed by atoms with Crippen LogP contribution in [0.2, 0.25) is 0 Å². The first-order valence-corrected chi connectivity index (χ1v) is 10.8. The molecule has 0 bridgehead atoms. The van der Waals surface area contributed by atoms with Crippen LogP contribution >= 0.6 is 0 Å². The number of methoxy groups -OCH3 is 1. The zero-order valence-electron chi connectivity index (χ0n) is 17.8. The maximum absolute atomic E-state index is 12.7. The Hall–Kier alpha value is -2.67. The van der Waals surface area contributed by atoms with E-state index in [2.05, 4.69) is 16.0 Å². The van der Waals surface area contributed by atoms with Crippen LogP contribution in [0, 0.1) is 0 Å². The molecule has 1 atom stereocenters. The van der Waals surface area contributed by atoms with Crippen LogP contribution in [0.5, 0.6) is 5.75 Å². The molecule has 0 aliphatic carbocycles. The molecular weight excluding hydrogens is 380 g/mol. The second-order valence-electron chi connectivity index (χ2n) is 8.22. The number of H-pyrrole nitrogens is 1. The van der Waals surface area contributed by atoms with E-state index in [0.717, 1.165) is 60.9 Å². The molecule has 1 amide bonds. The van der Waals surface area contributed by atoms with E-state index in [1.165, 1.54) is 0 Å². The molecule has 0 radical (unpaired) electrons. The number of hydrogen-bond donors (Lipinski definition) is 1. The minimum atomic E-state index is -0.0229. The third-order valence-corrected chi connectivity index (χ3v) is 6.15. The van der Waals surface area contributed by atoms with E-state index in [1.54, 1.807) is 7.11 Å². The molecule has 7 heteroatoms. The number of carbonyl (C=O) groups excluding carboxylic acids is 1. The van der Waals surface area contributed by atoms with Gasteiger partial charge in [0.2, 0.25) is 5.91 Å². The third kappa shape index (κ3) is 4.26. The first-order valence-electron chi connectivity index (χ1n) is 10.8. The number of hydrogen-bond acceptors (Lipinski definition) is 5. The van der Waals surface area contributed by atoms with Gasteiger partial charge in [0.15, 0.2) is 0 Å². The van der Waals surface area contributed by atoms with E-state index in [9.17, 15) is 9.59 Å². The van der Waals surface area contributed by atoms with Gasteiger partial charge >= 0.3 is 0 Å². The molecule has 160 valence electrons. The minimum Gasteiger partial charge on any atom is -0.496 e. The van der Waals surface area contributed by atoms with Gasteiger partial charge in [-0.2, -0.15) is 0 Å². The van der Waals surface area contributed by atoms with Gasteiger partial charge in [-0.25, -0.2) is 4.98 Å². The van der Waals surface area contributed by atoms with Gasteiger partial charge < -0.3 is 14.6 Å². The lowest BCUT2D eigenvalue weighted by Crippen LogP contribution is -2.36. The first-order chi connectivity index (χ1) is 14.6. The molecular formula is C23H30N4O3. The molecule has 30 heavy (non-hydrogen) atoms. The van der Waals surface area contributed by atoms with Crippen molar-refractivity contribution >= 4 is 5.91 Å². The topological polar surface area (TPSA) is 78.5 Å². The maximum Gasteiger partial charge on any atom is 0.254 e. The van der Waals surface area contributed by atoms with Crippen molar-refractivity contribution in [1.29, 1.82) is 0 Å². The third-order valence-electron chi connectivity index (χ3n) is 6.15. The second-order valence-corrected chi connectivity index (χ2v) is 8.22.